The van der Waals surface area contributed by atoms with E-state index in [1.165, 1.54) is 12.7 Å². The molecule has 1 aliphatic heterocycles. The van der Waals surface area contributed by atoms with Crippen molar-refractivity contribution < 1.29 is 19.1 Å². The van der Waals surface area contributed by atoms with E-state index in [1.807, 2.05) is 56.3 Å². The van der Waals surface area contributed by atoms with Crippen molar-refractivity contribution in [1.82, 2.24) is 9.47 Å². The number of ether oxygens (including phenoxy) is 2. The first-order valence-electron chi connectivity index (χ1n) is 12.0. The Morgan fingerprint density at radius 3 is 2.33 bits per heavy atom. The number of carbonyl (C=O) groups excluding carboxylic acids is 2. The summed E-state index contributed by atoms with van der Waals surface area (Å²) in [6.07, 6.45) is 2.47. The number of amides is 1. The number of hydrogen-bond acceptors (Lipinski definition) is 4. The van der Waals surface area contributed by atoms with Crippen LogP contribution >= 0.6 is 0 Å². The molecule has 2 aromatic carbocycles. The molecule has 6 heteroatoms. The molecule has 1 aliphatic rings. The van der Waals surface area contributed by atoms with Gasteiger partial charge >= 0.3 is 5.97 Å². The summed E-state index contributed by atoms with van der Waals surface area (Å²) in [5.41, 5.74) is 7.54. The fourth-order valence-electron chi connectivity index (χ4n) is 4.78. The van der Waals surface area contributed by atoms with Crippen LogP contribution in [0.3, 0.4) is 0 Å². The van der Waals surface area contributed by atoms with Crippen molar-refractivity contribution in [2.24, 2.45) is 0 Å². The van der Waals surface area contributed by atoms with E-state index in [2.05, 4.69) is 29.7 Å². The van der Waals surface area contributed by atoms with E-state index >= 15 is 0 Å². The van der Waals surface area contributed by atoms with Gasteiger partial charge in [-0.3, -0.25) is 4.79 Å². The van der Waals surface area contributed by atoms with Crippen LogP contribution in [-0.2, 0) is 20.7 Å². The highest BCUT2D eigenvalue weighted by Gasteiger charge is 2.37. The van der Waals surface area contributed by atoms with Gasteiger partial charge < -0.3 is 18.9 Å². The lowest BCUT2D eigenvalue weighted by atomic mass is 10.0. The van der Waals surface area contributed by atoms with Gasteiger partial charge in [-0.1, -0.05) is 24.3 Å². The Balaban J connectivity index is 1.69. The number of aryl methyl sites for hydroxylation is 2. The minimum Gasteiger partial charge on any atom is -0.497 e. The maximum Gasteiger partial charge on any atom is 0.340 e. The van der Waals surface area contributed by atoms with Gasteiger partial charge in [-0.05, 0) is 87.2 Å². The SMILES string of the molecule is COC(=O)C1=C(C)N(CCc2ccc(OC)cc2)C(=O)C1=Cc1cc(C)n(-c2cccc(C)c2)c1C. The second kappa shape index (κ2) is 10.3. The zero-order chi connectivity index (χ0) is 26.0. The van der Waals surface area contributed by atoms with Crippen molar-refractivity contribution in [3.63, 3.8) is 0 Å². The van der Waals surface area contributed by atoms with E-state index < -0.39 is 5.97 Å². The number of rotatable bonds is 7. The predicted octanol–water partition coefficient (Wildman–Crippen LogP) is 5.33. The highest BCUT2D eigenvalue weighted by Crippen LogP contribution is 2.33. The van der Waals surface area contributed by atoms with Crippen LogP contribution in [-0.4, -0.2) is 42.1 Å². The third-order valence-corrected chi connectivity index (χ3v) is 6.71. The predicted molar refractivity (Wildman–Crippen MR) is 141 cm³/mol. The second-order valence-electron chi connectivity index (χ2n) is 9.07. The first-order chi connectivity index (χ1) is 17.2. The standard InChI is InChI=1S/C30H32N2O4/c1-19-8-7-9-25(16-19)32-20(2)17-24(21(32)3)18-27-28(30(34)36-6)22(4)31(29(27)33)15-14-23-10-12-26(35-5)13-11-23/h7-13,16-18H,14-15H2,1-6H3. The molecule has 0 saturated carbocycles. The molecule has 1 amide bonds. The number of methoxy groups -OCH3 is 2. The van der Waals surface area contributed by atoms with Crippen molar-refractivity contribution in [3.8, 4) is 11.4 Å². The number of allylic oxidation sites excluding steroid dienone is 1. The number of hydrogen-bond donors (Lipinski definition) is 0. The van der Waals surface area contributed by atoms with Gasteiger partial charge in [0.2, 0.25) is 0 Å². The molecular formula is C30H32N2O4. The molecule has 0 N–H and O–H groups in total. The second-order valence-corrected chi connectivity index (χ2v) is 9.07. The fourth-order valence-corrected chi connectivity index (χ4v) is 4.78. The quantitative estimate of drug-likeness (QED) is 0.336. The van der Waals surface area contributed by atoms with Crippen molar-refractivity contribution in [2.45, 2.75) is 34.1 Å². The van der Waals surface area contributed by atoms with Crippen LogP contribution in [0, 0.1) is 20.8 Å². The van der Waals surface area contributed by atoms with Crippen molar-refractivity contribution >= 4 is 18.0 Å². The van der Waals surface area contributed by atoms with Gasteiger partial charge in [0.25, 0.3) is 5.91 Å². The molecule has 0 radical (unpaired) electrons. The lowest BCUT2D eigenvalue weighted by Crippen LogP contribution is -2.27. The molecule has 3 aromatic rings. The van der Waals surface area contributed by atoms with Gasteiger partial charge in [0.05, 0.1) is 25.4 Å². The average molecular weight is 485 g/mol. The van der Waals surface area contributed by atoms with Gasteiger partial charge in [0.15, 0.2) is 0 Å². The van der Waals surface area contributed by atoms with Gasteiger partial charge in [-0.15, -0.1) is 0 Å². The Morgan fingerprint density at radius 1 is 0.972 bits per heavy atom. The van der Waals surface area contributed by atoms with E-state index in [0.29, 0.717) is 29.8 Å². The maximum atomic E-state index is 13.6. The molecular weight excluding hydrogens is 452 g/mol. The number of carbonyl (C=O) groups is 2. The minimum absolute atomic E-state index is 0.193. The lowest BCUT2D eigenvalue weighted by Gasteiger charge is -2.18. The first kappa shape index (κ1) is 25.0. The van der Waals surface area contributed by atoms with E-state index in [4.69, 9.17) is 9.47 Å². The Bertz CT molecular complexity index is 1380. The van der Waals surface area contributed by atoms with E-state index in [1.54, 1.807) is 18.9 Å². The number of benzene rings is 2. The van der Waals surface area contributed by atoms with Crippen LogP contribution in [0.1, 0.15) is 35.0 Å². The van der Waals surface area contributed by atoms with Crippen LogP contribution in [0.2, 0.25) is 0 Å². The van der Waals surface area contributed by atoms with Crippen LogP contribution in [0.15, 0.2) is 71.4 Å². The molecule has 0 spiro atoms. The third kappa shape index (κ3) is 4.71. The summed E-state index contributed by atoms with van der Waals surface area (Å²) < 4.78 is 12.5. The molecule has 1 aromatic heterocycles. The van der Waals surface area contributed by atoms with Crippen LogP contribution in [0.5, 0.6) is 5.75 Å². The maximum absolute atomic E-state index is 13.6. The summed E-state index contributed by atoms with van der Waals surface area (Å²) in [4.78, 5) is 28.0. The Hall–Kier alpha value is -4.06. The van der Waals surface area contributed by atoms with Crippen molar-refractivity contribution in [2.75, 3.05) is 20.8 Å². The normalized spacial score (nSPS) is 14.7. The van der Waals surface area contributed by atoms with Gasteiger partial charge in [-0.2, -0.15) is 0 Å². The van der Waals surface area contributed by atoms with Crippen molar-refractivity contribution in [1.29, 1.82) is 0 Å². The summed E-state index contributed by atoms with van der Waals surface area (Å²) in [5, 5.41) is 0. The Morgan fingerprint density at radius 2 is 1.69 bits per heavy atom. The lowest BCUT2D eigenvalue weighted by molar-refractivity contribution is -0.136. The zero-order valence-electron chi connectivity index (χ0n) is 21.7. The van der Waals surface area contributed by atoms with Gasteiger partial charge in [-0.25, -0.2) is 4.79 Å². The first-order valence-corrected chi connectivity index (χ1v) is 12.0. The summed E-state index contributed by atoms with van der Waals surface area (Å²) >= 11 is 0. The molecule has 6 nitrogen and oxygen atoms in total. The average Bonchev–Trinajstić information content (AvgIpc) is 3.28. The molecule has 0 atom stereocenters. The highest BCUT2D eigenvalue weighted by atomic mass is 16.5. The molecule has 0 unspecified atom stereocenters. The fraction of sp³-hybridized carbons (Fsp3) is 0.267. The van der Waals surface area contributed by atoms with E-state index in [0.717, 1.165) is 34.0 Å². The summed E-state index contributed by atoms with van der Waals surface area (Å²) in [5.74, 6) is 0.0850. The number of nitrogens with zero attached hydrogens (tertiary/aromatic N) is 2. The molecule has 0 bridgehead atoms. The minimum atomic E-state index is -0.508. The molecule has 36 heavy (non-hydrogen) atoms. The van der Waals surface area contributed by atoms with E-state index in [-0.39, 0.29) is 5.91 Å². The Labute approximate surface area is 212 Å². The summed E-state index contributed by atoms with van der Waals surface area (Å²) in [6.45, 7) is 8.38. The zero-order valence-corrected chi connectivity index (χ0v) is 21.7. The molecule has 2 heterocycles. The van der Waals surface area contributed by atoms with Crippen LogP contribution in [0.4, 0.5) is 0 Å². The molecule has 4 rings (SSSR count). The summed E-state index contributed by atoms with van der Waals surface area (Å²) in [7, 11) is 2.97. The largest absolute Gasteiger partial charge is 0.497 e. The molecule has 0 fully saturated rings. The highest BCUT2D eigenvalue weighted by molar-refractivity contribution is 6.16. The molecule has 0 saturated heterocycles. The van der Waals surface area contributed by atoms with E-state index in [9.17, 15) is 9.59 Å². The third-order valence-electron chi connectivity index (χ3n) is 6.71. The molecule has 0 aliphatic carbocycles. The number of aromatic nitrogens is 1. The van der Waals surface area contributed by atoms with Gasteiger partial charge in [0.1, 0.15) is 5.75 Å². The monoisotopic (exact) mass is 484 g/mol. The van der Waals surface area contributed by atoms with Crippen LogP contribution < -0.4 is 4.74 Å². The smallest absolute Gasteiger partial charge is 0.340 e. The summed E-state index contributed by atoms with van der Waals surface area (Å²) in [6, 6.07) is 18.1. The number of esters is 1. The van der Waals surface area contributed by atoms with Crippen LogP contribution in [0.25, 0.3) is 11.8 Å². The molecule has 186 valence electrons. The van der Waals surface area contributed by atoms with Gasteiger partial charge in [0, 0.05) is 29.3 Å². The van der Waals surface area contributed by atoms with Crippen molar-refractivity contribution in [3.05, 3.63) is 99.5 Å². The Kier molecular flexibility index (Phi) is 7.15. The topological polar surface area (TPSA) is 60.8 Å².